The molecule has 0 bridgehead atoms. The van der Waals surface area contributed by atoms with Gasteiger partial charge < -0.3 is 5.11 Å². The van der Waals surface area contributed by atoms with E-state index in [0.29, 0.717) is 0 Å². The Hall–Kier alpha value is -1.52. The SMILES string of the molecule is CC(C(=O)C(F)(F)F)c1ccc(O)cc1. The van der Waals surface area contributed by atoms with E-state index in [1.807, 2.05) is 0 Å². The highest BCUT2D eigenvalue weighted by atomic mass is 19.4. The number of phenolic OH excluding ortho intramolecular Hbond substituents is 1. The van der Waals surface area contributed by atoms with E-state index in [9.17, 15) is 18.0 Å². The molecule has 0 saturated carbocycles. The molecule has 1 rings (SSSR count). The number of phenols is 1. The predicted octanol–water partition coefficient (Wildman–Crippen LogP) is 2.63. The van der Waals surface area contributed by atoms with Gasteiger partial charge in [0.1, 0.15) is 5.75 Å². The highest BCUT2D eigenvalue weighted by molar-refractivity contribution is 5.90. The minimum absolute atomic E-state index is 0.0505. The summed E-state index contributed by atoms with van der Waals surface area (Å²) in [7, 11) is 0. The summed E-state index contributed by atoms with van der Waals surface area (Å²) in [5.41, 5.74) is 0.232. The first-order valence-corrected chi connectivity index (χ1v) is 4.22. The second-order valence-corrected chi connectivity index (χ2v) is 3.18. The molecule has 0 aliphatic carbocycles. The van der Waals surface area contributed by atoms with E-state index in [1.165, 1.54) is 31.2 Å². The van der Waals surface area contributed by atoms with Crippen LogP contribution in [0, 0.1) is 0 Å². The molecule has 0 amide bonds. The number of carbonyl (C=O) groups excluding carboxylic acids is 1. The van der Waals surface area contributed by atoms with Gasteiger partial charge in [-0.3, -0.25) is 4.79 Å². The molecule has 0 radical (unpaired) electrons. The largest absolute Gasteiger partial charge is 0.508 e. The number of benzene rings is 1. The summed E-state index contributed by atoms with van der Waals surface area (Å²) in [5, 5.41) is 8.93. The van der Waals surface area contributed by atoms with Gasteiger partial charge >= 0.3 is 6.18 Å². The lowest BCUT2D eigenvalue weighted by atomic mass is 9.96. The quantitative estimate of drug-likeness (QED) is 0.828. The number of hydrogen-bond acceptors (Lipinski definition) is 2. The van der Waals surface area contributed by atoms with Crippen molar-refractivity contribution in [2.75, 3.05) is 0 Å². The molecule has 0 saturated heterocycles. The van der Waals surface area contributed by atoms with Crippen molar-refractivity contribution in [2.24, 2.45) is 0 Å². The highest BCUT2D eigenvalue weighted by Gasteiger charge is 2.41. The summed E-state index contributed by atoms with van der Waals surface area (Å²) in [4.78, 5) is 10.9. The zero-order chi connectivity index (χ0) is 11.6. The van der Waals surface area contributed by atoms with Crippen molar-refractivity contribution in [1.82, 2.24) is 0 Å². The maximum Gasteiger partial charge on any atom is 0.450 e. The third kappa shape index (κ3) is 2.71. The lowest BCUT2D eigenvalue weighted by Gasteiger charge is -2.12. The fraction of sp³-hybridized carbons (Fsp3) is 0.300. The molecule has 0 heterocycles. The maximum absolute atomic E-state index is 12.1. The normalized spacial score (nSPS) is 13.6. The summed E-state index contributed by atoms with van der Waals surface area (Å²) in [5.74, 6) is -3.08. The lowest BCUT2D eigenvalue weighted by Crippen LogP contribution is -2.27. The minimum atomic E-state index is -4.82. The van der Waals surface area contributed by atoms with E-state index in [2.05, 4.69) is 0 Å². The van der Waals surface area contributed by atoms with Crippen LogP contribution in [0.3, 0.4) is 0 Å². The van der Waals surface area contributed by atoms with Crippen molar-refractivity contribution >= 4 is 5.78 Å². The molecule has 1 aromatic carbocycles. The number of carbonyl (C=O) groups is 1. The molecule has 1 aromatic rings. The molecule has 0 fully saturated rings. The van der Waals surface area contributed by atoms with E-state index >= 15 is 0 Å². The number of hydrogen-bond donors (Lipinski definition) is 1. The second kappa shape index (κ2) is 3.92. The first-order chi connectivity index (χ1) is 6.82. The van der Waals surface area contributed by atoms with Crippen molar-refractivity contribution in [3.8, 4) is 5.75 Å². The molecule has 82 valence electrons. The van der Waals surface area contributed by atoms with Gasteiger partial charge in [-0.2, -0.15) is 13.2 Å². The van der Waals surface area contributed by atoms with Crippen LogP contribution < -0.4 is 0 Å². The molecule has 0 aromatic heterocycles. The third-order valence-electron chi connectivity index (χ3n) is 2.07. The standard InChI is InChI=1S/C10H9F3O2/c1-6(9(15)10(11,12)13)7-2-4-8(14)5-3-7/h2-6,14H,1H3. The zero-order valence-corrected chi connectivity index (χ0v) is 7.88. The number of aromatic hydroxyl groups is 1. The average molecular weight is 218 g/mol. The van der Waals surface area contributed by atoms with Crippen molar-refractivity contribution in [2.45, 2.75) is 19.0 Å². The summed E-state index contributed by atoms with van der Waals surface area (Å²) in [6, 6.07) is 5.08. The van der Waals surface area contributed by atoms with Crippen molar-refractivity contribution < 1.29 is 23.1 Å². The van der Waals surface area contributed by atoms with Gasteiger partial charge in [-0.05, 0) is 17.7 Å². The Morgan fingerprint density at radius 1 is 1.27 bits per heavy atom. The third-order valence-corrected chi connectivity index (χ3v) is 2.07. The molecule has 5 heteroatoms. The van der Waals surface area contributed by atoms with Crippen molar-refractivity contribution in [3.05, 3.63) is 29.8 Å². The Morgan fingerprint density at radius 3 is 2.13 bits per heavy atom. The Kier molecular flexibility index (Phi) is 3.02. The van der Waals surface area contributed by atoms with Crippen LogP contribution in [-0.4, -0.2) is 17.1 Å². The Balaban J connectivity index is 2.90. The molecular weight excluding hydrogens is 209 g/mol. The van der Waals surface area contributed by atoms with Gasteiger partial charge in [0.2, 0.25) is 5.78 Å². The molecule has 15 heavy (non-hydrogen) atoms. The first kappa shape index (κ1) is 11.6. The summed E-state index contributed by atoms with van der Waals surface area (Å²) in [6.45, 7) is 1.18. The summed E-state index contributed by atoms with van der Waals surface area (Å²) >= 11 is 0. The Bertz CT molecular complexity index is 354. The molecule has 1 atom stereocenters. The number of Topliss-reactive ketones (excluding diaryl/α,β-unsaturated/α-hetero) is 1. The molecule has 0 aliphatic heterocycles. The van der Waals surface area contributed by atoms with Crippen LogP contribution in [0.15, 0.2) is 24.3 Å². The molecule has 1 N–H and O–H groups in total. The molecule has 1 unspecified atom stereocenters. The van der Waals surface area contributed by atoms with Crippen LogP contribution in [0.2, 0.25) is 0 Å². The fourth-order valence-electron chi connectivity index (χ4n) is 1.16. The van der Waals surface area contributed by atoms with Crippen molar-refractivity contribution in [3.63, 3.8) is 0 Å². The highest BCUT2D eigenvalue weighted by Crippen LogP contribution is 2.27. The molecule has 2 nitrogen and oxygen atoms in total. The summed E-state index contributed by atoms with van der Waals surface area (Å²) < 4.78 is 36.2. The number of ketones is 1. The molecular formula is C10H9F3O2. The number of rotatable bonds is 2. The number of alkyl halides is 3. The maximum atomic E-state index is 12.1. The predicted molar refractivity (Wildman–Crippen MR) is 47.6 cm³/mol. The van der Waals surface area contributed by atoms with Gasteiger partial charge in [-0.1, -0.05) is 19.1 Å². The van der Waals surface area contributed by atoms with Crippen LogP contribution in [-0.2, 0) is 4.79 Å². The van der Waals surface area contributed by atoms with E-state index < -0.39 is 17.9 Å². The Morgan fingerprint density at radius 2 is 1.73 bits per heavy atom. The molecule has 0 spiro atoms. The van der Waals surface area contributed by atoms with Crippen LogP contribution in [0.5, 0.6) is 5.75 Å². The zero-order valence-electron chi connectivity index (χ0n) is 7.88. The van der Waals surface area contributed by atoms with E-state index in [-0.39, 0.29) is 11.3 Å². The van der Waals surface area contributed by atoms with Crippen LogP contribution in [0.25, 0.3) is 0 Å². The monoisotopic (exact) mass is 218 g/mol. The van der Waals surface area contributed by atoms with Gasteiger partial charge in [0.15, 0.2) is 0 Å². The smallest absolute Gasteiger partial charge is 0.450 e. The average Bonchev–Trinajstić information content (AvgIpc) is 2.15. The van der Waals surface area contributed by atoms with E-state index in [1.54, 1.807) is 0 Å². The Labute approximate surface area is 84.3 Å². The van der Waals surface area contributed by atoms with Gasteiger partial charge in [0.05, 0.1) is 0 Å². The van der Waals surface area contributed by atoms with Crippen molar-refractivity contribution in [1.29, 1.82) is 0 Å². The number of halogens is 3. The van der Waals surface area contributed by atoms with Gasteiger partial charge in [0, 0.05) is 5.92 Å². The first-order valence-electron chi connectivity index (χ1n) is 4.22. The topological polar surface area (TPSA) is 37.3 Å². The second-order valence-electron chi connectivity index (χ2n) is 3.18. The van der Waals surface area contributed by atoms with Gasteiger partial charge in [-0.15, -0.1) is 0 Å². The van der Waals surface area contributed by atoms with Crippen LogP contribution >= 0.6 is 0 Å². The van der Waals surface area contributed by atoms with E-state index in [4.69, 9.17) is 5.11 Å². The van der Waals surface area contributed by atoms with Crippen LogP contribution in [0.4, 0.5) is 13.2 Å². The fourth-order valence-corrected chi connectivity index (χ4v) is 1.16. The van der Waals surface area contributed by atoms with E-state index in [0.717, 1.165) is 0 Å². The minimum Gasteiger partial charge on any atom is -0.508 e. The van der Waals surface area contributed by atoms with Gasteiger partial charge in [0.25, 0.3) is 0 Å². The molecule has 0 aliphatic rings. The van der Waals surface area contributed by atoms with Crippen LogP contribution in [0.1, 0.15) is 18.4 Å². The lowest BCUT2D eigenvalue weighted by molar-refractivity contribution is -0.172. The summed E-state index contributed by atoms with van der Waals surface area (Å²) in [6.07, 6.45) is -4.82. The van der Waals surface area contributed by atoms with Gasteiger partial charge in [-0.25, -0.2) is 0 Å².